The lowest BCUT2D eigenvalue weighted by Gasteiger charge is -2.22. The van der Waals surface area contributed by atoms with E-state index < -0.39 is 0 Å². The number of aryl methyl sites for hydroxylation is 1. The van der Waals surface area contributed by atoms with Crippen molar-refractivity contribution in [3.63, 3.8) is 0 Å². The Morgan fingerprint density at radius 1 is 1.26 bits per heavy atom. The number of halogens is 1. The third kappa shape index (κ3) is 3.60. The van der Waals surface area contributed by atoms with E-state index in [0.29, 0.717) is 29.6 Å². The minimum atomic E-state index is 0. The zero-order valence-corrected chi connectivity index (χ0v) is 16.6. The monoisotopic (exact) mass is 390 g/mol. The average molecular weight is 391 g/mol. The SMILES string of the molecule is CC1(CN)CCN(C(=O)c2ccc3c(=O)n4c(nc3c2)CCCCC4)C1.Cl. The maximum absolute atomic E-state index is 12.9. The third-order valence-corrected chi connectivity index (χ3v) is 5.90. The van der Waals surface area contributed by atoms with E-state index in [0.717, 1.165) is 51.0 Å². The molecule has 0 bridgehead atoms. The Labute approximate surface area is 165 Å². The molecule has 2 aliphatic heterocycles. The number of carbonyl (C=O) groups excluding carboxylic acids is 1. The average Bonchev–Trinajstić information content (AvgIpc) is 2.89. The number of amides is 1. The van der Waals surface area contributed by atoms with Crippen LogP contribution in [-0.2, 0) is 13.0 Å². The van der Waals surface area contributed by atoms with Crippen LogP contribution in [0.2, 0.25) is 0 Å². The van der Waals surface area contributed by atoms with Gasteiger partial charge in [0.15, 0.2) is 0 Å². The Kier molecular flexibility index (Phi) is 5.58. The van der Waals surface area contributed by atoms with Crippen LogP contribution >= 0.6 is 12.4 Å². The van der Waals surface area contributed by atoms with Crippen molar-refractivity contribution in [1.82, 2.24) is 14.5 Å². The van der Waals surface area contributed by atoms with Gasteiger partial charge in [-0.3, -0.25) is 14.2 Å². The number of nitrogens with two attached hydrogens (primary N) is 1. The number of likely N-dealkylation sites (tertiary alicyclic amines) is 1. The van der Waals surface area contributed by atoms with Gasteiger partial charge in [-0.15, -0.1) is 12.4 Å². The number of aromatic nitrogens is 2. The first-order valence-corrected chi connectivity index (χ1v) is 9.54. The number of fused-ring (bicyclic) bond motifs is 2. The molecule has 27 heavy (non-hydrogen) atoms. The molecule has 0 radical (unpaired) electrons. The van der Waals surface area contributed by atoms with Crippen LogP contribution in [0.25, 0.3) is 10.9 Å². The van der Waals surface area contributed by atoms with Gasteiger partial charge in [0.25, 0.3) is 11.5 Å². The molecule has 2 N–H and O–H groups in total. The molecular formula is C20H27ClN4O2. The predicted molar refractivity (Wildman–Crippen MR) is 108 cm³/mol. The summed E-state index contributed by atoms with van der Waals surface area (Å²) in [6, 6.07) is 5.30. The van der Waals surface area contributed by atoms with E-state index in [1.807, 2.05) is 9.47 Å². The van der Waals surface area contributed by atoms with E-state index in [4.69, 9.17) is 10.7 Å². The highest BCUT2D eigenvalue weighted by atomic mass is 35.5. The second-order valence-corrected chi connectivity index (χ2v) is 8.02. The minimum Gasteiger partial charge on any atom is -0.338 e. The summed E-state index contributed by atoms with van der Waals surface area (Å²) in [6.07, 6.45) is 4.95. The van der Waals surface area contributed by atoms with Crippen molar-refractivity contribution in [2.24, 2.45) is 11.1 Å². The van der Waals surface area contributed by atoms with Crippen molar-refractivity contribution in [2.75, 3.05) is 19.6 Å². The molecule has 1 fully saturated rings. The van der Waals surface area contributed by atoms with Crippen molar-refractivity contribution in [1.29, 1.82) is 0 Å². The van der Waals surface area contributed by atoms with Crippen molar-refractivity contribution >= 4 is 29.2 Å². The lowest BCUT2D eigenvalue weighted by atomic mass is 9.90. The van der Waals surface area contributed by atoms with E-state index >= 15 is 0 Å². The van der Waals surface area contributed by atoms with Gasteiger partial charge in [-0.1, -0.05) is 13.3 Å². The van der Waals surface area contributed by atoms with E-state index in [-0.39, 0.29) is 29.3 Å². The molecule has 146 valence electrons. The number of nitrogens with zero attached hydrogens (tertiary/aromatic N) is 3. The zero-order valence-electron chi connectivity index (χ0n) is 15.7. The first-order valence-electron chi connectivity index (χ1n) is 9.54. The predicted octanol–water partition coefficient (Wildman–Crippen LogP) is 2.36. The Balaban J connectivity index is 0.00000210. The van der Waals surface area contributed by atoms with Crippen LogP contribution in [0.15, 0.2) is 23.0 Å². The first-order chi connectivity index (χ1) is 12.5. The molecule has 3 heterocycles. The largest absolute Gasteiger partial charge is 0.338 e. The Bertz CT molecular complexity index is 926. The van der Waals surface area contributed by atoms with E-state index in [1.54, 1.807) is 18.2 Å². The summed E-state index contributed by atoms with van der Waals surface area (Å²) >= 11 is 0. The van der Waals surface area contributed by atoms with Gasteiger partial charge in [0.2, 0.25) is 0 Å². The molecule has 1 aromatic carbocycles. The van der Waals surface area contributed by atoms with Crippen LogP contribution in [0.1, 0.15) is 48.8 Å². The summed E-state index contributed by atoms with van der Waals surface area (Å²) in [5.41, 5.74) is 7.11. The van der Waals surface area contributed by atoms with E-state index in [9.17, 15) is 9.59 Å². The second kappa shape index (κ2) is 7.60. The molecule has 6 nitrogen and oxygen atoms in total. The molecule has 0 saturated carbocycles. The topological polar surface area (TPSA) is 81.2 Å². The molecule has 0 spiro atoms. The molecular weight excluding hydrogens is 364 g/mol. The van der Waals surface area contributed by atoms with Gasteiger partial charge in [-0.05, 0) is 49.4 Å². The summed E-state index contributed by atoms with van der Waals surface area (Å²) in [6.45, 7) is 4.85. The summed E-state index contributed by atoms with van der Waals surface area (Å²) in [5, 5.41) is 0.598. The number of rotatable bonds is 2. The molecule has 1 atom stereocenters. The normalized spacial score (nSPS) is 22.2. The fourth-order valence-electron chi connectivity index (χ4n) is 4.10. The van der Waals surface area contributed by atoms with Crippen molar-refractivity contribution in [3.8, 4) is 0 Å². The Morgan fingerprint density at radius 2 is 2.07 bits per heavy atom. The maximum Gasteiger partial charge on any atom is 0.261 e. The highest BCUT2D eigenvalue weighted by Crippen LogP contribution is 2.29. The zero-order chi connectivity index (χ0) is 18.3. The smallest absolute Gasteiger partial charge is 0.261 e. The van der Waals surface area contributed by atoms with Crippen LogP contribution in [0.3, 0.4) is 0 Å². The van der Waals surface area contributed by atoms with Gasteiger partial charge in [-0.2, -0.15) is 0 Å². The summed E-state index contributed by atoms with van der Waals surface area (Å²) < 4.78 is 1.81. The van der Waals surface area contributed by atoms with Gasteiger partial charge in [0, 0.05) is 31.6 Å². The number of hydrogen-bond acceptors (Lipinski definition) is 4. The standard InChI is InChI=1S/C20H26N4O2.ClH/c1-20(12-21)8-10-23(13-20)18(25)14-6-7-15-16(11-14)22-17-5-3-2-4-9-24(17)19(15)26;/h6-7,11H,2-5,8-10,12-13,21H2,1H3;1H. The van der Waals surface area contributed by atoms with Crippen LogP contribution in [0.4, 0.5) is 0 Å². The maximum atomic E-state index is 12.9. The summed E-state index contributed by atoms with van der Waals surface area (Å²) in [5.74, 6) is 0.849. The van der Waals surface area contributed by atoms with Crippen molar-refractivity contribution in [2.45, 2.75) is 45.6 Å². The van der Waals surface area contributed by atoms with E-state index in [2.05, 4.69) is 6.92 Å². The highest BCUT2D eigenvalue weighted by Gasteiger charge is 2.35. The van der Waals surface area contributed by atoms with Crippen LogP contribution in [0, 0.1) is 5.41 Å². The fourth-order valence-corrected chi connectivity index (χ4v) is 4.10. The summed E-state index contributed by atoms with van der Waals surface area (Å²) in [4.78, 5) is 32.3. The molecule has 7 heteroatoms. The van der Waals surface area contributed by atoms with Crippen LogP contribution in [-0.4, -0.2) is 40.0 Å². The molecule has 2 aliphatic rings. The quantitative estimate of drug-likeness (QED) is 0.853. The number of carbonyl (C=O) groups is 1. The number of benzene rings is 1. The lowest BCUT2D eigenvalue weighted by Crippen LogP contribution is -2.34. The van der Waals surface area contributed by atoms with Crippen molar-refractivity contribution < 1.29 is 4.79 Å². The van der Waals surface area contributed by atoms with Crippen LogP contribution < -0.4 is 11.3 Å². The molecule has 1 amide bonds. The lowest BCUT2D eigenvalue weighted by molar-refractivity contribution is 0.0777. The first kappa shape index (κ1) is 19.8. The molecule has 1 saturated heterocycles. The molecule has 4 rings (SSSR count). The van der Waals surface area contributed by atoms with E-state index in [1.165, 1.54) is 0 Å². The molecule has 2 aromatic rings. The van der Waals surface area contributed by atoms with Gasteiger partial charge in [0.1, 0.15) is 5.82 Å². The molecule has 0 aliphatic carbocycles. The van der Waals surface area contributed by atoms with Gasteiger partial charge < -0.3 is 10.6 Å². The third-order valence-electron chi connectivity index (χ3n) is 5.90. The highest BCUT2D eigenvalue weighted by molar-refractivity contribution is 5.97. The van der Waals surface area contributed by atoms with Gasteiger partial charge in [0.05, 0.1) is 10.9 Å². The fraction of sp³-hybridized carbons (Fsp3) is 0.550. The Morgan fingerprint density at radius 3 is 2.81 bits per heavy atom. The van der Waals surface area contributed by atoms with Crippen molar-refractivity contribution in [3.05, 3.63) is 39.9 Å². The Hall–Kier alpha value is -1.92. The number of hydrogen-bond donors (Lipinski definition) is 1. The van der Waals surface area contributed by atoms with Gasteiger partial charge in [-0.25, -0.2) is 4.98 Å². The molecule has 1 aromatic heterocycles. The molecule has 1 unspecified atom stereocenters. The minimum absolute atomic E-state index is 0. The second-order valence-electron chi connectivity index (χ2n) is 8.02. The van der Waals surface area contributed by atoms with Crippen LogP contribution in [0.5, 0.6) is 0 Å². The van der Waals surface area contributed by atoms with Gasteiger partial charge >= 0.3 is 0 Å². The summed E-state index contributed by atoms with van der Waals surface area (Å²) in [7, 11) is 0.